The number of fused-ring (bicyclic) bond motifs is 2. The molecule has 2 aromatic carbocycles. The Morgan fingerprint density at radius 2 is 1.79 bits per heavy atom. The van der Waals surface area contributed by atoms with Gasteiger partial charge in [0, 0.05) is 62.1 Å². The Bertz CT molecular complexity index is 1370. The van der Waals surface area contributed by atoms with E-state index in [0.29, 0.717) is 5.56 Å². The number of piperazine rings is 1. The fourth-order valence-electron chi connectivity index (χ4n) is 4.96. The third kappa shape index (κ3) is 3.68. The zero-order valence-corrected chi connectivity index (χ0v) is 19.2. The van der Waals surface area contributed by atoms with Gasteiger partial charge in [0.1, 0.15) is 11.6 Å². The predicted octanol–water partition coefficient (Wildman–Crippen LogP) is 3.98. The molecule has 1 amide bonds. The Hall–Kier alpha value is -3.52. The van der Waals surface area contributed by atoms with E-state index < -0.39 is 0 Å². The summed E-state index contributed by atoms with van der Waals surface area (Å²) >= 11 is 0. The summed E-state index contributed by atoms with van der Waals surface area (Å²) < 4.78 is 13.9. The van der Waals surface area contributed by atoms with Crippen molar-refractivity contribution < 1.29 is 9.18 Å². The summed E-state index contributed by atoms with van der Waals surface area (Å²) in [5, 5.41) is 0.852. The molecular formula is C26H27FN6O. The first-order valence-corrected chi connectivity index (χ1v) is 11.9. The highest BCUT2D eigenvalue weighted by Gasteiger charge is 2.26. The second-order valence-corrected chi connectivity index (χ2v) is 9.19. The van der Waals surface area contributed by atoms with Crippen LogP contribution in [0.5, 0.6) is 0 Å². The molecule has 2 aliphatic heterocycles. The van der Waals surface area contributed by atoms with Gasteiger partial charge in [-0.1, -0.05) is 0 Å². The molecule has 174 valence electrons. The second kappa shape index (κ2) is 8.36. The molecule has 2 aromatic heterocycles. The first-order valence-electron chi connectivity index (χ1n) is 11.9. The van der Waals surface area contributed by atoms with Gasteiger partial charge in [0.2, 0.25) is 0 Å². The number of benzene rings is 2. The Morgan fingerprint density at radius 3 is 2.56 bits per heavy atom. The maximum absolute atomic E-state index is 13.9. The minimum atomic E-state index is -0.242. The van der Waals surface area contributed by atoms with E-state index in [9.17, 15) is 9.18 Å². The lowest BCUT2D eigenvalue weighted by molar-refractivity contribution is 0.0652. The fourth-order valence-corrected chi connectivity index (χ4v) is 4.96. The molecule has 1 N–H and O–H groups in total. The average molecular weight is 459 g/mol. The minimum absolute atomic E-state index is 0.0944. The largest absolute Gasteiger partial charge is 0.368 e. The number of nitrogens with one attached hydrogen (secondary N) is 1. The van der Waals surface area contributed by atoms with E-state index >= 15 is 0 Å². The number of aromatic nitrogens is 3. The summed E-state index contributed by atoms with van der Waals surface area (Å²) in [4.78, 5) is 31.8. The number of carbonyl (C=O) groups is 1. The van der Waals surface area contributed by atoms with Crippen LogP contribution >= 0.6 is 0 Å². The second-order valence-electron chi connectivity index (χ2n) is 9.19. The number of anilines is 1. The molecule has 0 saturated carbocycles. The fraction of sp³-hybridized carbons (Fsp3) is 0.346. The molecular weight excluding hydrogens is 431 g/mol. The standard InChI is InChI=1S/C26H27FN6O/c1-17(25-29-22-5-3-18(15-23(22)30-25)26(34)33-9-2-10-33)31-11-13-32(14-12-31)24-7-8-28-21-6-4-19(27)16-20(21)24/h3-8,15-17H,2,9-14H2,1H3,(H,29,30). The summed E-state index contributed by atoms with van der Waals surface area (Å²) in [6.07, 6.45) is 2.88. The van der Waals surface area contributed by atoms with Crippen LogP contribution in [0.3, 0.4) is 0 Å². The molecule has 2 saturated heterocycles. The summed E-state index contributed by atoms with van der Waals surface area (Å²) in [7, 11) is 0. The number of carbonyl (C=O) groups excluding carboxylic acids is 1. The molecule has 0 radical (unpaired) electrons. The van der Waals surface area contributed by atoms with Crippen LogP contribution in [0.1, 0.15) is 35.6 Å². The Kier molecular flexibility index (Phi) is 5.17. The van der Waals surface area contributed by atoms with E-state index in [1.807, 2.05) is 29.2 Å². The molecule has 0 spiro atoms. The molecule has 2 aliphatic rings. The van der Waals surface area contributed by atoms with E-state index in [2.05, 4.69) is 26.7 Å². The first-order chi connectivity index (χ1) is 16.6. The van der Waals surface area contributed by atoms with Crippen LogP contribution in [0.15, 0.2) is 48.7 Å². The van der Waals surface area contributed by atoms with Crippen LogP contribution in [-0.4, -0.2) is 69.9 Å². The van der Waals surface area contributed by atoms with Crippen LogP contribution in [0, 0.1) is 5.82 Å². The Morgan fingerprint density at radius 1 is 1.00 bits per heavy atom. The Labute approximate surface area is 197 Å². The zero-order valence-electron chi connectivity index (χ0n) is 19.2. The third-order valence-electron chi connectivity index (χ3n) is 7.17. The van der Waals surface area contributed by atoms with Crippen molar-refractivity contribution in [1.29, 1.82) is 0 Å². The molecule has 34 heavy (non-hydrogen) atoms. The third-order valence-corrected chi connectivity index (χ3v) is 7.17. The molecule has 2 fully saturated rings. The van der Waals surface area contributed by atoms with Crippen molar-refractivity contribution >= 4 is 33.5 Å². The van der Waals surface area contributed by atoms with Gasteiger partial charge in [-0.05, 0) is 55.8 Å². The number of aromatic amines is 1. The minimum Gasteiger partial charge on any atom is -0.368 e. The smallest absolute Gasteiger partial charge is 0.253 e. The Balaban J connectivity index is 1.17. The maximum Gasteiger partial charge on any atom is 0.253 e. The van der Waals surface area contributed by atoms with Gasteiger partial charge >= 0.3 is 0 Å². The monoisotopic (exact) mass is 458 g/mol. The van der Waals surface area contributed by atoms with E-state index in [4.69, 9.17) is 4.98 Å². The number of H-pyrrole nitrogens is 1. The number of rotatable bonds is 4. The zero-order chi connectivity index (χ0) is 23.2. The molecule has 0 aliphatic carbocycles. The highest BCUT2D eigenvalue weighted by atomic mass is 19.1. The van der Waals surface area contributed by atoms with Crippen molar-refractivity contribution in [1.82, 2.24) is 24.8 Å². The number of pyridine rings is 1. The normalized spacial score (nSPS) is 17.8. The lowest BCUT2D eigenvalue weighted by Gasteiger charge is -2.38. The molecule has 8 heteroatoms. The lowest BCUT2D eigenvalue weighted by Crippen LogP contribution is -2.47. The highest BCUT2D eigenvalue weighted by Crippen LogP contribution is 2.29. The molecule has 1 atom stereocenters. The number of amides is 1. The average Bonchev–Trinajstić information content (AvgIpc) is 3.25. The van der Waals surface area contributed by atoms with Crippen LogP contribution in [0.25, 0.3) is 21.9 Å². The van der Waals surface area contributed by atoms with Gasteiger partial charge in [-0.15, -0.1) is 0 Å². The number of hydrogen-bond acceptors (Lipinski definition) is 5. The van der Waals surface area contributed by atoms with Crippen molar-refractivity contribution in [3.8, 4) is 0 Å². The van der Waals surface area contributed by atoms with Gasteiger partial charge in [-0.2, -0.15) is 0 Å². The quantitative estimate of drug-likeness (QED) is 0.501. The number of likely N-dealkylation sites (tertiary alicyclic amines) is 1. The molecule has 6 rings (SSSR count). The summed E-state index contributed by atoms with van der Waals surface area (Å²) in [6.45, 7) is 7.28. The molecule has 7 nitrogen and oxygen atoms in total. The predicted molar refractivity (Wildman–Crippen MR) is 131 cm³/mol. The van der Waals surface area contributed by atoms with Gasteiger partial charge in [-0.3, -0.25) is 14.7 Å². The number of halogens is 1. The number of imidazole rings is 1. The number of hydrogen-bond donors (Lipinski definition) is 1. The molecule has 1 unspecified atom stereocenters. The summed E-state index contributed by atoms with van der Waals surface area (Å²) in [5.74, 6) is 0.763. The highest BCUT2D eigenvalue weighted by molar-refractivity contribution is 5.97. The van der Waals surface area contributed by atoms with Crippen LogP contribution in [0.4, 0.5) is 10.1 Å². The summed E-state index contributed by atoms with van der Waals surface area (Å²) in [6, 6.07) is 12.6. The van der Waals surface area contributed by atoms with Crippen LogP contribution in [-0.2, 0) is 0 Å². The maximum atomic E-state index is 13.9. The van der Waals surface area contributed by atoms with Gasteiger partial charge in [0.25, 0.3) is 5.91 Å². The SMILES string of the molecule is CC(c1nc2ccc(C(=O)N3CCC3)cc2[nH]1)N1CCN(c2ccnc3ccc(F)cc23)CC1. The van der Waals surface area contributed by atoms with Crippen molar-refractivity contribution in [2.24, 2.45) is 0 Å². The molecule has 4 heterocycles. The van der Waals surface area contributed by atoms with Crippen LogP contribution < -0.4 is 4.90 Å². The summed E-state index contributed by atoms with van der Waals surface area (Å²) in [5.41, 5.74) is 4.33. The van der Waals surface area contributed by atoms with Gasteiger partial charge < -0.3 is 14.8 Å². The van der Waals surface area contributed by atoms with E-state index in [1.165, 1.54) is 6.07 Å². The van der Waals surface area contributed by atoms with Crippen molar-refractivity contribution in [2.75, 3.05) is 44.2 Å². The first kappa shape index (κ1) is 21.0. The lowest BCUT2D eigenvalue weighted by atomic mass is 10.1. The van der Waals surface area contributed by atoms with Gasteiger partial charge in [0.15, 0.2) is 0 Å². The van der Waals surface area contributed by atoms with E-state index in [0.717, 1.165) is 79.1 Å². The van der Waals surface area contributed by atoms with Gasteiger partial charge in [-0.25, -0.2) is 9.37 Å². The van der Waals surface area contributed by atoms with Crippen molar-refractivity contribution in [2.45, 2.75) is 19.4 Å². The van der Waals surface area contributed by atoms with E-state index in [1.54, 1.807) is 18.3 Å². The van der Waals surface area contributed by atoms with Gasteiger partial charge in [0.05, 0.1) is 22.6 Å². The topological polar surface area (TPSA) is 68.4 Å². The molecule has 0 bridgehead atoms. The van der Waals surface area contributed by atoms with E-state index in [-0.39, 0.29) is 17.8 Å². The molecule has 4 aromatic rings. The van der Waals surface area contributed by atoms with Crippen molar-refractivity contribution in [3.63, 3.8) is 0 Å². The number of nitrogens with zero attached hydrogens (tertiary/aromatic N) is 5. The van der Waals surface area contributed by atoms with Crippen LogP contribution in [0.2, 0.25) is 0 Å². The van der Waals surface area contributed by atoms with Crippen molar-refractivity contribution in [3.05, 3.63) is 65.9 Å².